The lowest BCUT2D eigenvalue weighted by Gasteiger charge is -2.36. The second kappa shape index (κ2) is 10.0. The van der Waals surface area contributed by atoms with Crippen LogP contribution in [0.1, 0.15) is 57.0 Å². The highest BCUT2D eigenvalue weighted by Crippen LogP contribution is 2.22. The van der Waals surface area contributed by atoms with Crippen LogP contribution in [0.3, 0.4) is 0 Å². The van der Waals surface area contributed by atoms with Crippen molar-refractivity contribution in [3.8, 4) is 0 Å². The van der Waals surface area contributed by atoms with Gasteiger partial charge in [-0.2, -0.15) is 0 Å². The summed E-state index contributed by atoms with van der Waals surface area (Å²) in [4.78, 5) is 38.7. The smallest absolute Gasteiger partial charge is 0.308 e. The molecule has 1 fully saturated rings. The molecule has 1 aromatic rings. The quantitative estimate of drug-likeness (QED) is 0.548. The van der Waals surface area contributed by atoms with E-state index in [-0.39, 0.29) is 34.7 Å². The monoisotopic (exact) mass is 433 g/mol. The lowest BCUT2D eigenvalue weighted by atomic mass is 9.87. The van der Waals surface area contributed by atoms with E-state index < -0.39 is 12.0 Å². The fraction of sp³-hybridized carbons (Fsp3) is 0.545. The second-order valence-corrected chi connectivity index (χ2v) is 9.25. The maximum Gasteiger partial charge on any atom is 0.308 e. The third kappa shape index (κ3) is 6.52. The van der Waals surface area contributed by atoms with Crippen LogP contribution < -0.4 is 10.6 Å². The van der Waals surface area contributed by atoms with Crippen LogP contribution in [0.25, 0.3) is 0 Å². The number of esters is 1. The Bertz CT molecular complexity index is 800. The molecule has 2 amide bonds. The van der Waals surface area contributed by atoms with Gasteiger partial charge >= 0.3 is 5.97 Å². The van der Waals surface area contributed by atoms with E-state index in [1.54, 1.807) is 17.0 Å². The molecule has 30 heavy (non-hydrogen) atoms. The molecule has 1 aliphatic heterocycles. The van der Waals surface area contributed by atoms with Crippen molar-refractivity contribution in [3.63, 3.8) is 0 Å². The highest BCUT2D eigenvalue weighted by atomic mass is 32.1. The Morgan fingerprint density at radius 1 is 1.27 bits per heavy atom. The predicted octanol–water partition coefficient (Wildman–Crippen LogP) is 2.39. The van der Waals surface area contributed by atoms with Gasteiger partial charge in [0.25, 0.3) is 5.91 Å². The molecule has 7 nitrogen and oxygen atoms in total. The van der Waals surface area contributed by atoms with E-state index in [0.29, 0.717) is 25.3 Å². The van der Waals surface area contributed by atoms with Crippen LogP contribution in [0.4, 0.5) is 0 Å². The Balaban J connectivity index is 2.04. The molecule has 1 atom stereocenters. The van der Waals surface area contributed by atoms with E-state index in [4.69, 9.17) is 17.0 Å². The zero-order valence-electron chi connectivity index (χ0n) is 18.3. The number of benzene rings is 1. The molecule has 8 heteroatoms. The minimum absolute atomic E-state index is 0.0110. The van der Waals surface area contributed by atoms with Gasteiger partial charge in [-0.1, -0.05) is 46.8 Å². The van der Waals surface area contributed by atoms with Gasteiger partial charge < -0.3 is 15.0 Å². The molecule has 2 N–H and O–H groups in total. The normalized spacial score (nSPS) is 16.8. The maximum atomic E-state index is 12.6. The molecule has 1 aliphatic rings. The molecule has 1 unspecified atom stereocenters. The molecule has 1 aromatic carbocycles. The van der Waals surface area contributed by atoms with Crippen LogP contribution in [0, 0.1) is 5.92 Å². The van der Waals surface area contributed by atoms with Gasteiger partial charge in [-0.3, -0.25) is 19.7 Å². The lowest BCUT2D eigenvalue weighted by molar-refractivity contribution is -0.148. The fourth-order valence-corrected chi connectivity index (χ4v) is 3.31. The Hall–Kier alpha value is -2.48. The fourth-order valence-electron chi connectivity index (χ4n) is 3.00. The summed E-state index contributed by atoms with van der Waals surface area (Å²) in [5.41, 5.74) is 1.58. The van der Waals surface area contributed by atoms with Gasteiger partial charge in [-0.05, 0) is 41.2 Å². The van der Waals surface area contributed by atoms with Crippen LogP contribution >= 0.6 is 12.2 Å². The molecule has 0 bridgehead atoms. The highest BCUT2D eigenvalue weighted by molar-refractivity contribution is 7.80. The van der Waals surface area contributed by atoms with Gasteiger partial charge in [-0.15, -0.1) is 0 Å². The van der Waals surface area contributed by atoms with Crippen LogP contribution in [-0.2, 0) is 19.7 Å². The number of hydrogen-bond acceptors (Lipinski definition) is 5. The average molecular weight is 434 g/mol. The van der Waals surface area contributed by atoms with Crippen molar-refractivity contribution in [2.45, 2.75) is 52.5 Å². The van der Waals surface area contributed by atoms with Gasteiger partial charge in [0.15, 0.2) is 5.11 Å². The number of rotatable bonds is 5. The molecule has 2 rings (SSSR count). The highest BCUT2D eigenvalue weighted by Gasteiger charge is 2.34. The first-order valence-electron chi connectivity index (χ1n) is 10.1. The van der Waals surface area contributed by atoms with E-state index in [9.17, 15) is 14.4 Å². The van der Waals surface area contributed by atoms with E-state index >= 15 is 0 Å². The van der Waals surface area contributed by atoms with Gasteiger partial charge in [0.1, 0.15) is 6.04 Å². The number of carbonyl (C=O) groups excluding carboxylic acids is 3. The Morgan fingerprint density at radius 2 is 1.90 bits per heavy atom. The van der Waals surface area contributed by atoms with Gasteiger partial charge in [0.05, 0.1) is 13.0 Å². The molecule has 1 saturated heterocycles. The zero-order chi connectivity index (χ0) is 22.5. The second-order valence-electron chi connectivity index (χ2n) is 8.87. The Morgan fingerprint density at radius 3 is 2.47 bits per heavy atom. The van der Waals surface area contributed by atoms with Crippen LogP contribution in [0.15, 0.2) is 24.3 Å². The number of piperazine rings is 1. The standard InChI is InChI=1S/C22H31N3O4S/c1-14(2)13-29-18(26)12-17-20(28)23-10-11-25(17)21(30)24-19(27)15-6-8-16(9-7-15)22(3,4)5/h6-9,14,17H,10-13H2,1-5H3,(H,23,28)(H,24,27,30). The number of nitrogens with one attached hydrogen (secondary N) is 2. The van der Waals surface area contributed by atoms with E-state index in [1.165, 1.54) is 0 Å². The summed E-state index contributed by atoms with van der Waals surface area (Å²) in [5.74, 6) is -0.931. The summed E-state index contributed by atoms with van der Waals surface area (Å²) >= 11 is 5.39. The molecule has 1 heterocycles. The summed E-state index contributed by atoms with van der Waals surface area (Å²) in [6.45, 7) is 11.2. The van der Waals surface area contributed by atoms with Crippen LogP contribution in [-0.4, -0.2) is 53.5 Å². The first-order chi connectivity index (χ1) is 14.0. The molecule has 0 spiro atoms. The van der Waals surface area contributed by atoms with Crippen molar-refractivity contribution in [2.75, 3.05) is 19.7 Å². The summed E-state index contributed by atoms with van der Waals surface area (Å²) in [6.07, 6.45) is -0.130. The third-order valence-electron chi connectivity index (χ3n) is 4.76. The van der Waals surface area contributed by atoms with Crippen molar-refractivity contribution in [1.82, 2.24) is 15.5 Å². The van der Waals surface area contributed by atoms with Gasteiger partial charge in [0, 0.05) is 18.7 Å². The molecule has 0 aromatic heterocycles. The third-order valence-corrected chi connectivity index (χ3v) is 5.10. The molecular formula is C22H31N3O4S. The van der Waals surface area contributed by atoms with Gasteiger partial charge in [0.2, 0.25) is 5.91 Å². The lowest BCUT2D eigenvalue weighted by Crippen LogP contribution is -2.60. The summed E-state index contributed by atoms with van der Waals surface area (Å²) in [6, 6.07) is 6.53. The summed E-state index contributed by atoms with van der Waals surface area (Å²) in [5, 5.41) is 5.54. The Labute approximate surface area is 183 Å². The SMILES string of the molecule is CC(C)COC(=O)CC1C(=O)NCCN1C(=S)NC(=O)c1ccc(C(C)(C)C)cc1. The van der Waals surface area contributed by atoms with Crippen molar-refractivity contribution in [2.24, 2.45) is 5.92 Å². The summed E-state index contributed by atoms with van der Waals surface area (Å²) < 4.78 is 5.20. The summed E-state index contributed by atoms with van der Waals surface area (Å²) in [7, 11) is 0. The van der Waals surface area contributed by atoms with Crippen molar-refractivity contribution in [1.29, 1.82) is 0 Å². The van der Waals surface area contributed by atoms with Gasteiger partial charge in [-0.25, -0.2) is 0 Å². The molecular weight excluding hydrogens is 402 g/mol. The minimum Gasteiger partial charge on any atom is -0.465 e. The molecule has 0 aliphatic carbocycles. The number of carbonyl (C=O) groups is 3. The number of nitrogens with zero attached hydrogens (tertiary/aromatic N) is 1. The first-order valence-corrected chi connectivity index (χ1v) is 10.6. The van der Waals surface area contributed by atoms with Crippen molar-refractivity contribution in [3.05, 3.63) is 35.4 Å². The average Bonchev–Trinajstić information content (AvgIpc) is 2.67. The maximum absolute atomic E-state index is 12.6. The number of hydrogen-bond donors (Lipinski definition) is 2. The van der Waals surface area contributed by atoms with E-state index in [1.807, 2.05) is 26.0 Å². The number of thiocarbonyl (C=S) groups is 1. The van der Waals surface area contributed by atoms with E-state index in [0.717, 1.165) is 5.56 Å². The largest absolute Gasteiger partial charge is 0.465 e. The van der Waals surface area contributed by atoms with Crippen LogP contribution in [0.5, 0.6) is 0 Å². The predicted molar refractivity (Wildman–Crippen MR) is 119 cm³/mol. The number of ether oxygens (including phenoxy) is 1. The zero-order valence-corrected chi connectivity index (χ0v) is 19.1. The molecule has 0 saturated carbocycles. The minimum atomic E-state index is -0.811. The topological polar surface area (TPSA) is 87.7 Å². The molecule has 164 valence electrons. The first kappa shape index (κ1) is 23.8. The Kier molecular flexibility index (Phi) is 7.95. The molecule has 0 radical (unpaired) electrons. The van der Waals surface area contributed by atoms with Crippen molar-refractivity contribution < 1.29 is 19.1 Å². The number of amides is 2. The van der Waals surface area contributed by atoms with E-state index in [2.05, 4.69) is 31.4 Å². The van der Waals surface area contributed by atoms with Crippen LogP contribution in [0.2, 0.25) is 0 Å². The van der Waals surface area contributed by atoms with Crippen molar-refractivity contribution >= 4 is 35.1 Å².